The highest BCUT2D eigenvalue weighted by Crippen LogP contribution is 2.48. The predicted octanol–water partition coefficient (Wildman–Crippen LogP) is 2.22. The van der Waals surface area contributed by atoms with E-state index in [1.807, 2.05) is 0 Å². The summed E-state index contributed by atoms with van der Waals surface area (Å²) >= 11 is 0. The Labute approximate surface area is 249 Å². The fraction of sp³-hybridized carbons (Fsp3) is 0.815. The third-order valence-electron chi connectivity index (χ3n) is 5.73. The van der Waals surface area contributed by atoms with E-state index in [0.29, 0.717) is 32.2 Å². The van der Waals surface area contributed by atoms with Gasteiger partial charge < -0.3 is 35.3 Å². The van der Waals surface area contributed by atoms with Crippen LogP contribution in [0.1, 0.15) is 80.6 Å². The molecule has 4 N–H and O–H groups in total. The van der Waals surface area contributed by atoms with Crippen molar-refractivity contribution in [3.8, 4) is 0 Å². The van der Waals surface area contributed by atoms with E-state index in [-0.39, 0.29) is 12.2 Å². The van der Waals surface area contributed by atoms with Crippen LogP contribution in [-0.2, 0) is 43.2 Å². The molecule has 0 aromatic rings. The van der Waals surface area contributed by atoms with Crippen LogP contribution in [0.5, 0.6) is 0 Å². The smallest absolute Gasteiger partial charge is 0.408 e. The first-order chi connectivity index (χ1) is 19.2. The van der Waals surface area contributed by atoms with Gasteiger partial charge in [0.25, 0.3) is 0 Å². The lowest BCUT2D eigenvalue weighted by atomic mass is 10.1. The van der Waals surface area contributed by atoms with Gasteiger partial charge in [-0.3, -0.25) is 14.4 Å². The fourth-order valence-electron chi connectivity index (χ4n) is 3.93. The number of rotatable bonds is 13. The summed E-state index contributed by atoms with van der Waals surface area (Å²) in [6.07, 6.45) is 0.837. The molecule has 3 amide bonds. The maximum Gasteiger partial charge on any atom is 0.408 e. The third kappa shape index (κ3) is 15.8. The summed E-state index contributed by atoms with van der Waals surface area (Å²) in [6.45, 7) is 12.7. The van der Waals surface area contributed by atoms with Crippen LogP contribution >= 0.6 is 0 Å². The zero-order valence-corrected chi connectivity index (χ0v) is 27.1. The molecule has 4 atom stereocenters. The maximum atomic E-state index is 11.9. The summed E-state index contributed by atoms with van der Waals surface area (Å²) in [5.41, 5.74) is 4.09. The van der Waals surface area contributed by atoms with Gasteiger partial charge in [0.15, 0.2) is 9.84 Å². The second kappa shape index (κ2) is 17.1. The molecule has 0 aromatic carbocycles. The number of methoxy groups -OCH3 is 2. The Balaban J connectivity index is 0.000000831. The number of alkyl carbamates (subject to hydrolysis) is 2. The zero-order chi connectivity index (χ0) is 32.9. The largest absolute Gasteiger partial charge is 0.469 e. The number of hydrogen-bond donors (Lipinski definition) is 3. The molecule has 1 rings (SSSR count). The number of sulfone groups is 1. The van der Waals surface area contributed by atoms with Gasteiger partial charge in [-0.2, -0.15) is 0 Å². The summed E-state index contributed by atoms with van der Waals surface area (Å²) in [5.74, 6) is -2.94. The molecule has 0 saturated heterocycles. The normalized spacial score (nSPS) is 18.7. The van der Waals surface area contributed by atoms with E-state index in [1.54, 1.807) is 48.5 Å². The number of esters is 2. The molecule has 0 aromatic heterocycles. The van der Waals surface area contributed by atoms with Crippen LogP contribution < -0.4 is 16.4 Å². The minimum atomic E-state index is -3.35. The van der Waals surface area contributed by atoms with E-state index >= 15 is 0 Å². The lowest BCUT2D eigenvalue weighted by Crippen LogP contribution is -2.46. The Morgan fingerprint density at radius 3 is 1.88 bits per heavy atom. The fourth-order valence-corrected chi connectivity index (χ4v) is 6.24. The molecule has 244 valence electrons. The van der Waals surface area contributed by atoms with Gasteiger partial charge in [-0.1, -0.05) is 6.92 Å². The highest BCUT2D eigenvalue weighted by Gasteiger charge is 2.62. The highest BCUT2D eigenvalue weighted by atomic mass is 32.2. The highest BCUT2D eigenvalue weighted by molar-refractivity contribution is 7.92. The molecule has 15 heteroatoms. The molecule has 14 nitrogen and oxygen atoms in total. The molecule has 0 spiro atoms. The Bertz CT molecular complexity index is 1030. The van der Waals surface area contributed by atoms with Crippen LogP contribution in [0.4, 0.5) is 9.59 Å². The summed E-state index contributed by atoms with van der Waals surface area (Å²) in [7, 11) is -0.916. The van der Waals surface area contributed by atoms with E-state index in [2.05, 4.69) is 20.1 Å². The van der Waals surface area contributed by atoms with Crippen LogP contribution in [0.25, 0.3) is 0 Å². The van der Waals surface area contributed by atoms with Crippen LogP contribution in [0.15, 0.2) is 0 Å². The topological polar surface area (TPSA) is 206 Å². The van der Waals surface area contributed by atoms with Crippen LogP contribution in [0.2, 0.25) is 0 Å². The number of unbranched alkanes of at least 4 members (excludes halogenated alkanes) is 1. The standard InChI is InChI=1S/C16H31N3O5.C11H18O6S/c1-15(2,3)23-13(21)18-10-8-7-9-11(12(17)20)19-14(22)24-16(4,5)6;1-4-5-18(14,15)10-7(6-8(12)16-2)9(10)11(13)17-3/h11H,7-10H2,1-6H3,(H2,17,20)(H,18,21)(H,19,22);7,9-10H,4-6H2,1-3H3. The predicted molar refractivity (Wildman–Crippen MR) is 154 cm³/mol. The minimum Gasteiger partial charge on any atom is -0.469 e. The number of amides is 3. The SMILES string of the molecule is CC(C)(C)OC(=O)NCCCCC(NC(=O)OC(C)(C)C)C(N)=O.CCCS(=O)(=O)C1C(CC(=O)OC)C1C(=O)OC. The van der Waals surface area contributed by atoms with Crippen molar-refractivity contribution in [2.75, 3.05) is 26.5 Å². The van der Waals surface area contributed by atoms with Gasteiger partial charge in [-0.05, 0) is 67.2 Å². The van der Waals surface area contributed by atoms with Crippen molar-refractivity contribution in [2.24, 2.45) is 17.6 Å². The zero-order valence-electron chi connectivity index (χ0n) is 26.2. The molecule has 1 aliphatic rings. The molecule has 0 radical (unpaired) electrons. The molecule has 0 aliphatic heterocycles. The van der Waals surface area contributed by atoms with E-state index in [4.69, 9.17) is 15.2 Å². The van der Waals surface area contributed by atoms with Crippen LogP contribution in [0, 0.1) is 11.8 Å². The molecule has 0 bridgehead atoms. The number of primary amides is 1. The Kier molecular flexibility index (Phi) is 15.9. The van der Waals surface area contributed by atoms with Gasteiger partial charge in [-0.25, -0.2) is 18.0 Å². The monoisotopic (exact) mass is 623 g/mol. The van der Waals surface area contributed by atoms with E-state index in [0.717, 1.165) is 0 Å². The van der Waals surface area contributed by atoms with Crippen LogP contribution in [-0.4, -0.2) is 87.5 Å². The average molecular weight is 624 g/mol. The molecule has 1 fully saturated rings. The molecular formula is C27H49N3O11S. The molecule has 4 unspecified atom stereocenters. The van der Waals surface area contributed by atoms with Gasteiger partial charge in [0.05, 0.1) is 37.6 Å². The Morgan fingerprint density at radius 1 is 0.881 bits per heavy atom. The van der Waals surface area contributed by atoms with Crippen molar-refractivity contribution in [3.63, 3.8) is 0 Å². The first-order valence-electron chi connectivity index (χ1n) is 13.8. The summed E-state index contributed by atoms with van der Waals surface area (Å²) in [5, 5.41) is 4.28. The van der Waals surface area contributed by atoms with E-state index in [1.165, 1.54) is 14.2 Å². The number of carbonyl (C=O) groups excluding carboxylic acids is 5. The molecular weight excluding hydrogens is 574 g/mol. The Hall–Kier alpha value is -3.10. The first-order valence-corrected chi connectivity index (χ1v) is 15.5. The molecule has 1 aliphatic carbocycles. The van der Waals surface area contributed by atoms with Crippen molar-refractivity contribution < 1.29 is 51.3 Å². The molecule has 0 heterocycles. The van der Waals surface area contributed by atoms with Gasteiger partial charge in [-0.15, -0.1) is 0 Å². The average Bonchev–Trinajstić information content (AvgIpc) is 3.55. The third-order valence-corrected chi connectivity index (χ3v) is 8.17. The van der Waals surface area contributed by atoms with Gasteiger partial charge in [0.2, 0.25) is 5.91 Å². The number of nitrogens with one attached hydrogen (secondary N) is 2. The maximum absolute atomic E-state index is 11.9. The van der Waals surface area contributed by atoms with Crippen molar-refractivity contribution in [1.82, 2.24) is 10.6 Å². The van der Waals surface area contributed by atoms with Crippen LogP contribution in [0.3, 0.4) is 0 Å². The minimum absolute atomic E-state index is 0.0167. The van der Waals surface area contributed by atoms with E-state index < -0.39 is 74.2 Å². The van der Waals surface area contributed by atoms with E-state index in [9.17, 15) is 32.4 Å². The lowest BCUT2D eigenvalue weighted by Gasteiger charge is -2.22. The van der Waals surface area contributed by atoms with Crippen molar-refractivity contribution in [1.29, 1.82) is 0 Å². The Morgan fingerprint density at radius 2 is 1.43 bits per heavy atom. The quantitative estimate of drug-likeness (QED) is 0.154. The van der Waals surface area contributed by atoms with Gasteiger partial charge in [0.1, 0.15) is 17.2 Å². The lowest BCUT2D eigenvalue weighted by molar-refractivity contribution is -0.143. The van der Waals surface area contributed by atoms with Gasteiger partial charge in [0, 0.05) is 12.5 Å². The van der Waals surface area contributed by atoms with Crippen molar-refractivity contribution in [2.45, 2.75) is 103 Å². The number of ether oxygens (including phenoxy) is 4. The summed E-state index contributed by atoms with van der Waals surface area (Å²) in [4.78, 5) is 57.2. The number of carbonyl (C=O) groups is 5. The van der Waals surface area contributed by atoms with Gasteiger partial charge >= 0.3 is 24.1 Å². The summed E-state index contributed by atoms with van der Waals surface area (Å²) in [6, 6.07) is -0.804. The second-order valence-corrected chi connectivity index (χ2v) is 14.1. The molecule has 42 heavy (non-hydrogen) atoms. The first kappa shape index (κ1) is 38.9. The number of hydrogen-bond acceptors (Lipinski definition) is 11. The molecule has 1 saturated carbocycles. The number of nitrogens with two attached hydrogens (primary N) is 1. The summed E-state index contributed by atoms with van der Waals surface area (Å²) < 4.78 is 43.2. The van der Waals surface area contributed by atoms with Crippen molar-refractivity contribution in [3.05, 3.63) is 0 Å². The van der Waals surface area contributed by atoms with Crippen molar-refractivity contribution >= 4 is 39.9 Å². The second-order valence-electron chi connectivity index (χ2n) is 11.9.